The quantitative estimate of drug-likeness (QED) is 0.764. The van der Waals surface area contributed by atoms with Crippen molar-refractivity contribution >= 4 is 0 Å². The summed E-state index contributed by atoms with van der Waals surface area (Å²) < 4.78 is 5.88. The number of benzene rings is 1. The van der Waals surface area contributed by atoms with Crippen molar-refractivity contribution in [1.29, 1.82) is 0 Å². The lowest BCUT2D eigenvalue weighted by Gasteiger charge is -2.24. The zero-order valence-corrected chi connectivity index (χ0v) is 13.5. The maximum atomic E-state index is 10.1. The average molecular weight is 279 g/mol. The molecule has 0 bridgehead atoms. The number of hydrogen-bond acceptors (Lipinski definition) is 3. The molecule has 0 fully saturated rings. The molecule has 114 valence electrons. The molecule has 0 aromatic heterocycles. The third kappa shape index (κ3) is 5.14. The summed E-state index contributed by atoms with van der Waals surface area (Å²) in [6.07, 6.45) is 1.79. The van der Waals surface area contributed by atoms with E-state index in [1.165, 1.54) is 5.56 Å². The number of hydrogen-bond donors (Lipinski definition) is 2. The summed E-state index contributed by atoms with van der Waals surface area (Å²) in [5, 5.41) is 13.6. The van der Waals surface area contributed by atoms with Crippen LogP contribution in [0, 0.1) is 6.92 Å². The van der Waals surface area contributed by atoms with Crippen LogP contribution in [0.5, 0.6) is 5.75 Å². The van der Waals surface area contributed by atoms with Gasteiger partial charge in [-0.3, -0.25) is 0 Å². The first-order valence-corrected chi connectivity index (χ1v) is 7.58. The van der Waals surface area contributed by atoms with E-state index in [9.17, 15) is 5.11 Å². The predicted octanol–water partition coefficient (Wildman–Crippen LogP) is 3.60. The van der Waals surface area contributed by atoms with Crippen LogP contribution in [0.25, 0.3) is 0 Å². The van der Waals surface area contributed by atoms with Gasteiger partial charge in [0, 0.05) is 11.6 Å². The highest BCUT2D eigenvalue weighted by Gasteiger charge is 2.20. The number of ether oxygens (including phenoxy) is 1. The molecular formula is C17H29NO2. The molecule has 3 nitrogen and oxygen atoms in total. The summed E-state index contributed by atoms with van der Waals surface area (Å²) >= 11 is 0. The Morgan fingerprint density at radius 3 is 2.65 bits per heavy atom. The Morgan fingerprint density at radius 2 is 2.05 bits per heavy atom. The minimum absolute atomic E-state index is 0.247. The zero-order valence-electron chi connectivity index (χ0n) is 13.5. The fourth-order valence-corrected chi connectivity index (χ4v) is 1.93. The molecule has 2 unspecified atom stereocenters. The van der Waals surface area contributed by atoms with Gasteiger partial charge in [-0.25, -0.2) is 0 Å². The van der Waals surface area contributed by atoms with Crippen LogP contribution in [-0.4, -0.2) is 23.9 Å². The van der Waals surface area contributed by atoms with E-state index in [1.54, 1.807) is 6.92 Å². The molecule has 0 saturated carbocycles. The van der Waals surface area contributed by atoms with Crippen molar-refractivity contribution in [3.05, 3.63) is 29.3 Å². The van der Waals surface area contributed by atoms with Crippen LogP contribution >= 0.6 is 0 Å². The Hall–Kier alpha value is -1.06. The lowest BCUT2D eigenvalue weighted by atomic mass is 10.0. The van der Waals surface area contributed by atoms with Crippen molar-refractivity contribution in [2.24, 2.45) is 0 Å². The Kier molecular flexibility index (Phi) is 6.50. The van der Waals surface area contributed by atoms with Crippen LogP contribution in [0.15, 0.2) is 18.2 Å². The summed E-state index contributed by atoms with van der Waals surface area (Å²) in [4.78, 5) is 0. The second kappa shape index (κ2) is 7.65. The molecule has 2 atom stereocenters. The van der Waals surface area contributed by atoms with E-state index in [4.69, 9.17) is 4.74 Å². The van der Waals surface area contributed by atoms with Gasteiger partial charge in [0.15, 0.2) is 0 Å². The normalized spacial score (nSPS) is 15.7. The van der Waals surface area contributed by atoms with Crippen molar-refractivity contribution in [3.8, 4) is 5.75 Å². The largest absolute Gasteiger partial charge is 0.490 e. The molecule has 1 rings (SSSR count). The lowest BCUT2D eigenvalue weighted by Crippen LogP contribution is -2.31. The standard InChI is InChI=1S/C17H29NO2/c1-6-10-18-14(4)15-9-8-13(3)11-16(15)20-12-17(5,19)7-2/h8-9,11,14,18-19H,6-7,10,12H2,1-5H3. The minimum Gasteiger partial charge on any atom is -0.490 e. The van der Waals surface area contributed by atoms with Gasteiger partial charge in [-0.2, -0.15) is 0 Å². The van der Waals surface area contributed by atoms with Crippen LogP contribution in [0.2, 0.25) is 0 Å². The molecule has 0 saturated heterocycles. The number of nitrogens with one attached hydrogen (secondary N) is 1. The van der Waals surface area contributed by atoms with Gasteiger partial charge >= 0.3 is 0 Å². The average Bonchev–Trinajstić information content (AvgIpc) is 2.42. The molecule has 0 aliphatic heterocycles. The first-order chi connectivity index (χ1) is 9.39. The monoisotopic (exact) mass is 279 g/mol. The van der Waals surface area contributed by atoms with E-state index in [-0.39, 0.29) is 6.04 Å². The topological polar surface area (TPSA) is 41.5 Å². The van der Waals surface area contributed by atoms with Crippen LogP contribution < -0.4 is 10.1 Å². The maximum Gasteiger partial charge on any atom is 0.124 e. The highest BCUT2D eigenvalue weighted by Crippen LogP contribution is 2.27. The Labute approximate surface area is 123 Å². The minimum atomic E-state index is -0.777. The first-order valence-electron chi connectivity index (χ1n) is 7.58. The van der Waals surface area contributed by atoms with Gasteiger partial charge in [0.25, 0.3) is 0 Å². The van der Waals surface area contributed by atoms with Crippen molar-refractivity contribution < 1.29 is 9.84 Å². The third-order valence-corrected chi connectivity index (χ3v) is 3.64. The molecule has 0 aliphatic carbocycles. The lowest BCUT2D eigenvalue weighted by molar-refractivity contribution is 0.00803. The van der Waals surface area contributed by atoms with Gasteiger partial charge in [0.05, 0.1) is 5.60 Å². The molecule has 0 heterocycles. The predicted molar refractivity (Wildman–Crippen MR) is 84.3 cm³/mol. The van der Waals surface area contributed by atoms with E-state index in [2.05, 4.69) is 38.2 Å². The Bertz CT molecular complexity index is 415. The van der Waals surface area contributed by atoms with Crippen LogP contribution in [-0.2, 0) is 0 Å². The number of aliphatic hydroxyl groups is 1. The molecule has 2 N–H and O–H groups in total. The van der Waals surface area contributed by atoms with E-state index < -0.39 is 5.60 Å². The molecule has 20 heavy (non-hydrogen) atoms. The third-order valence-electron chi connectivity index (χ3n) is 3.64. The summed E-state index contributed by atoms with van der Waals surface area (Å²) in [5.74, 6) is 0.870. The summed E-state index contributed by atoms with van der Waals surface area (Å²) in [6.45, 7) is 11.4. The van der Waals surface area contributed by atoms with E-state index in [0.29, 0.717) is 13.0 Å². The molecular weight excluding hydrogens is 250 g/mol. The zero-order chi connectivity index (χ0) is 15.2. The smallest absolute Gasteiger partial charge is 0.124 e. The molecule has 3 heteroatoms. The van der Waals surface area contributed by atoms with Gasteiger partial charge in [-0.05, 0) is 51.8 Å². The SMILES string of the molecule is CCCNC(C)c1ccc(C)cc1OCC(C)(O)CC. The van der Waals surface area contributed by atoms with Crippen LogP contribution in [0.1, 0.15) is 57.7 Å². The fourth-order valence-electron chi connectivity index (χ4n) is 1.93. The summed E-state index contributed by atoms with van der Waals surface area (Å²) in [5.41, 5.74) is 1.54. The van der Waals surface area contributed by atoms with Gasteiger partial charge in [0.2, 0.25) is 0 Å². The first kappa shape index (κ1) is 17.0. The van der Waals surface area contributed by atoms with Gasteiger partial charge in [0.1, 0.15) is 12.4 Å². The summed E-state index contributed by atoms with van der Waals surface area (Å²) in [6, 6.07) is 6.51. The molecule has 0 amide bonds. The van der Waals surface area contributed by atoms with E-state index in [1.807, 2.05) is 13.0 Å². The Balaban J connectivity index is 2.84. The maximum absolute atomic E-state index is 10.1. The van der Waals surface area contributed by atoms with E-state index in [0.717, 1.165) is 24.3 Å². The van der Waals surface area contributed by atoms with E-state index >= 15 is 0 Å². The second-order valence-electron chi connectivity index (χ2n) is 5.86. The number of aryl methyl sites for hydroxylation is 1. The van der Waals surface area contributed by atoms with Crippen molar-refractivity contribution in [1.82, 2.24) is 5.32 Å². The highest BCUT2D eigenvalue weighted by molar-refractivity contribution is 5.39. The van der Waals surface area contributed by atoms with Crippen molar-refractivity contribution in [2.75, 3.05) is 13.2 Å². The van der Waals surface area contributed by atoms with Crippen molar-refractivity contribution in [2.45, 2.75) is 59.1 Å². The molecule has 0 aliphatic rings. The van der Waals surface area contributed by atoms with Gasteiger partial charge in [-0.15, -0.1) is 0 Å². The second-order valence-corrected chi connectivity index (χ2v) is 5.86. The molecule has 0 spiro atoms. The number of rotatable bonds is 8. The fraction of sp³-hybridized carbons (Fsp3) is 0.647. The van der Waals surface area contributed by atoms with Crippen molar-refractivity contribution in [3.63, 3.8) is 0 Å². The highest BCUT2D eigenvalue weighted by atomic mass is 16.5. The molecule has 0 radical (unpaired) electrons. The molecule has 1 aromatic carbocycles. The van der Waals surface area contributed by atoms with Gasteiger partial charge < -0.3 is 15.2 Å². The molecule has 1 aromatic rings. The van der Waals surface area contributed by atoms with Crippen LogP contribution in [0.4, 0.5) is 0 Å². The summed E-state index contributed by atoms with van der Waals surface area (Å²) in [7, 11) is 0. The Morgan fingerprint density at radius 1 is 1.35 bits per heavy atom. The van der Waals surface area contributed by atoms with Gasteiger partial charge in [-0.1, -0.05) is 26.0 Å². The van der Waals surface area contributed by atoms with Crippen LogP contribution in [0.3, 0.4) is 0 Å².